The van der Waals surface area contributed by atoms with Crippen molar-refractivity contribution in [2.45, 2.75) is 44.9 Å². The number of piperidine rings is 1. The normalized spacial score (nSPS) is 24.0. The highest BCUT2D eigenvalue weighted by Crippen LogP contribution is 2.24. The molecule has 1 heterocycles. The summed E-state index contributed by atoms with van der Waals surface area (Å²) >= 11 is 0. The van der Waals surface area contributed by atoms with Gasteiger partial charge in [0.15, 0.2) is 0 Å². The van der Waals surface area contributed by atoms with Crippen molar-refractivity contribution in [3.8, 4) is 0 Å². The third-order valence-electron chi connectivity index (χ3n) is 3.93. The van der Waals surface area contributed by atoms with Crippen LogP contribution in [-0.4, -0.2) is 37.6 Å². The van der Waals surface area contributed by atoms with Crippen molar-refractivity contribution >= 4 is 0 Å². The van der Waals surface area contributed by atoms with Gasteiger partial charge in [0.05, 0.1) is 0 Å². The molecular formula is C13H26N2. The zero-order chi connectivity index (χ0) is 10.3. The van der Waals surface area contributed by atoms with Crippen molar-refractivity contribution < 1.29 is 0 Å². The van der Waals surface area contributed by atoms with Gasteiger partial charge in [-0.3, -0.25) is 0 Å². The molecule has 0 radical (unpaired) electrons. The topological polar surface area (TPSA) is 15.3 Å². The number of hydrogen-bond acceptors (Lipinski definition) is 2. The van der Waals surface area contributed by atoms with Gasteiger partial charge in [0, 0.05) is 0 Å². The van der Waals surface area contributed by atoms with Crippen LogP contribution in [0.1, 0.15) is 44.9 Å². The van der Waals surface area contributed by atoms with Crippen LogP contribution in [0, 0.1) is 5.92 Å². The number of rotatable bonds is 6. The Kier molecular flexibility index (Phi) is 4.94. The lowest BCUT2D eigenvalue weighted by Gasteiger charge is -2.27. The highest BCUT2D eigenvalue weighted by atomic mass is 15.1. The second kappa shape index (κ2) is 6.49. The summed E-state index contributed by atoms with van der Waals surface area (Å²) in [5.41, 5.74) is 0. The summed E-state index contributed by atoms with van der Waals surface area (Å²) in [7, 11) is 0. The van der Waals surface area contributed by atoms with E-state index in [-0.39, 0.29) is 0 Å². The van der Waals surface area contributed by atoms with Gasteiger partial charge in [-0.15, -0.1) is 0 Å². The predicted molar refractivity (Wildman–Crippen MR) is 65.1 cm³/mol. The van der Waals surface area contributed by atoms with Crippen LogP contribution >= 0.6 is 0 Å². The van der Waals surface area contributed by atoms with Crippen LogP contribution in [0.2, 0.25) is 0 Å². The van der Waals surface area contributed by atoms with Crippen LogP contribution < -0.4 is 5.32 Å². The number of nitrogens with zero attached hydrogens (tertiary/aromatic N) is 1. The number of likely N-dealkylation sites (tertiary alicyclic amines) is 1. The highest BCUT2D eigenvalue weighted by molar-refractivity contribution is 4.72. The maximum Gasteiger partial charge on any atom is -0.000664 e. The summed E-state index contributed by atoms with van der Waals surface area (Å²) in [6.07, 6.45) is 10.1. The molecule has 1 aliphatic heterocycles. The summed E-state index contributed by atoms with van der Waals surface area (Å²) in [5.74, 6) is 1.01. The Morgan fingerprint density at radius 2 is 1.80 bits per heavy atom. The number of nitrogens with one attached hydrogen (secondary N) is 1. The van der Waals surface area contributed by atoms with E-state index in [0.29, 0.717) is 0 Å². The lowest BCUT2D eigenvalue weighted by molar-refractivity contribution is 0.223. The maximum absolute atomic E-state index is 3.60. The average molecular weight is 210 g/mol. The van der Waals surface area contributed by atoms with Crippen molar-refractivity contribution in [2.24, 2.45) is 5.92 Å². The Bertz CT molecular complexity index is 160. The van der Waals surface area contributed by atoms with E-state index in [1.54, 1.807) is 0 Å². The predicted octanol–water partition coefficient (Wildman–Crippen LogP) is 2.25. The second-order valence-electron chi connectivity index (χ2n) is 5.26. The Balaban J connectivity index is 1.40. The third-order valence-corrected chi connectivity index (χ3v) is 3.93. The van der Waals surface area contributed by atoms with E-state index >= 15 is 0 Å². The SMILES string of the molecule is C1CCN(CCCNCC2CCC2)CC1. The highest BCUT2D eigenvalue weighted by Gasteiger charge is 2.16. The molecule has 0 amide bonds. The quantitative estimate of drug-likeness (QED) is 0.677. The van der Waals surface area contributed by atoms with Gasteiger partial charge in [0.1, 0.15) is 0 Å². The Hall–Kier alpha value is -0.0800. The fourth-order valence-corrected chi connectivity index (χ4v) is 2.61. The summed E-state index contributed by atoms with van der Waals surface area (Å²) in [5, 5.41) is 3.60. The van der Waals surface area contributed by atoms with Crippen molar-refractivity contribution in [3.05, 3.63) is 0 Å². The van der Waals surface area contributed by atoms with Gasteiger partial charge in [-0.25, -0.2) is 0 Å². The van der Waals surface area contributed by atoms with Gasteiger partial charge in [-0.1, -0.05) is 12.8 Å². The van der Waals surface area contributed by atoms with E-state index in [1.807, 2.05) is 0 Å². The molecule has 0 aromatic carbocycles. The first-order valence-electron chi connectivity index (χ1n) is 6.88. The Labute approximate surface area is 94.4 Å². The first-order valence-corrected chi connectivity index (χ1v) is 6.88. The molecule has 2 fully saturated rings. The Morgan fingerprint density at radius 1 is 1.00 bits per heavy atom. The van der Waals surface area contributed by atoms with Crippen LogP contribution in [0.4, 0.5) is 0 Å². The van der Waals surface area contributed by atoms with Crippen LogP contribution in [-0.2, 0) is 0 Å². The van der Waals surface area contributed by atoms with Gasteiger partial charge in [0.2, 0.25) is 0 Å². The molecule has 0 aromatic rings. The molecule has 0 atom stereocenters. The maximum atomic E-state index is 3.60. The fraction of sp³-hybridized carbons (Fsp3) is 1.00. The van der Waals surface area contributed by atoms with Crippen molar-refractivity contribution in [2.75, 3.05) is 32.7 Å². The Morgan fingerprint density at radius 3 is 2.47 bits per heavy atom. The van der Waals surface area contributed by atoms with Gasteiger partial charge in [0.25, 0.3) is 0 Å². The standard InChI is InChI=1S/C13H26N2/c1-2-9-15(10-3-1)11-5-8-14-12-13-6-4-7-13/h13-14H,1-12H2. The molecular weight excluding hydrogens is 184 g/mol. The second-order valence-corrected chi connectivity index (χ2v) is 5.26. The van der Waals surface area contributed by atoms with Gasteiger partial charge >= 0.3 is 0 Å². The minimum Gasteiger partial charge on any atom is -0.316 e. The molecule has 1 N–H and O–H groups in total. The van der Waals surface area contributed by atoms with Crippen LogP contribution in [0.25, 0.3) is 0 Å². The van der Waals surface area contributed by atoms with Crippen molar-refractivity contribution in [1.82, 2.24) is 10.2 Å². The van der Waals surface area contributed by atoms with Crippen LogP contribution in [0.5, 0.6) is 0 Å². The number of hydrogen-bond donors (Lipinski definition) is 1. The molecule has 0 unspecified atom stereocenters. The molecule has 1 aliphatic carbocycles. The van der Waals surface area contributed by atoms with E-state index in [0.717, 1.165) is 5.92 Å². The monoisotopic (exact) mass is 210 g/mol. The average Bonchev–Trinajstić information content (AvgIpc) is 2.22. The van der Waals surface area contributed by atoms with E-state index in [2.05, 4.69) is 10.2 Å². The molecule has 2 rings (SSSR count). The summed E-state index contributed by atoms with van der Waals surface area (Å²) in [6.45, 7) is 6.52. The zero-order valence-electron chi connectivity index (χ0n) is 10.0. The molecule has 2 aliphatic rings. The smallest absolute Gasteiger partial charge is 0.000664 e. The zero-order valence-corrected chi connectivity index (χ0v) is 10.0. The first-order chi connectivity index (χ1) is 7.45. The van der Waals surface area contributed by atoms with Crippen LogP contribution in [0.3, 0.4) is 0 Å². The molecule has 88 valence electrons. The van der Waals surface area contributed by atoms with Gasteiger partial charge in [-0.2, -0.15) is 0 Å². The minimum atomic E-state index is 1.01. The van der Waals surface area contributed by atoms with E-state index in [1.165, 1.54) is 77.7 Å². The molecule has 15 heavy (non-hydrogen) atoms. The minimum absolute atomic E-state index is 1.01. The summed E-state index contributed by atoms with van der Waals surface area (Å²) in [6, 6.07) is 0. The third kappa shape index (κ3) is 4.12. The molecule has 1 saturated heterocycles. The molecule has 0 aromatic heterocycles. The van der Waals surface area contributed by atoms with Gasteiger partial charge < -0.3 is 10.2 Å². The van der Waals surface area contributed by atoms with E-state index in [9.17, 15) is 0 Å². The summed E-state index contributed by atoms with van der Waals surface area (Å²) in [4.78, 5) is 2.63. The summed E-state index contributed by atoms with van der Waals surface area (Å²) < 4.78 is 0. The van der Waals surface area contributed by atoms with Crippen molar-refractivity contribution in [3.63, 3.8) is 0 Å². The van der Waals surface area contributed by atoms with E-state index in [4.69, 9.17) is 0 Å². The lowest BCUT2D eigenvalue weighted by Crippen LogP contribution is -2.33. The van der Waals surface area contributed by atoms with Crippen molar-refractivity contribution in [1.29, 1.82) is 0 Å². The fourth-order valence-electron chi connectivity index (χ4n) is 2.61. The molecule has 0 spiro atoms. The largest absolute Gasteiger partial charge is 0.316 e. The lowest BCUT2D eigenvalue weighted by atomic mass is 9.85. The van der Waals surface area contributed by atoms with Gasteiger partial charge in [-0.05, 0) is 70.7 Å². The van der Waals surface area contributed by atoms with E-state index < -0.39 is 0 Å². The molecule has 1 saturated carbocycles. The molecule has 2 heteroatoms. The molecule has 2 nitrogen and oxygen atoms in total. The van der Waals surface area contributed by atoms with Crippen LogP contribution in [0.15, 0.2) is 0 Å². The first kappa shape index (κ1) is 11.4. The molecule has 0 bridgehead atoms.